The number of hydrogen-bond acceptors (Lipinski definition) is 4. The van der Waals surface area contributed by atoms with E-state index in [1.54, 1.807) is 0 Å². The van der Waals surface area contributed by atoms with Gasteiger partial charge in [0.25, 0.3) is 0 Å². The number of likely N-dealkylation sites (tertiary alicyclic amines) is 1. The van der Waals surface area contributed by atoms with Gasteiger partial charge in [-0.05, 0) is 68.8 Å². The Morgan fingerprint density at radius 1 is 1.21 bits per heavy atom. The molecule has 2 aliphatic rings. The van der Waals surface area contributed by atoms with Crippen LogP contribution in [0.3, 0.4) is 0 Å². The second-order valence-corrected chi connectivity index (χ2v) is 12.4. The molecule has 1 saturated carbocycles. The van der Waals surface area contributed by atoms with Gasteiger partial charge in [-0.2, -0.15) is 17.7 Å². The summed E-state index contributed by atoms with van der Waals surface area (Å²) < 4.78 is 2.19. The Hall–Kier alpha value is -1.36. The normalized spacial score (nSPS) is 32.0. The zero-order valence-corrected chi connectivity index (χ0v) is 23.6. The highest BCUT2D eigenvalue weighted by atomic mass is 32.1. The van der Waals surface area contributed by atoms with Crippen LogP contribution in [0.1, 0.15) is 98.6 Å². The summed E-state index contributed by atoms with van der Waals surface area (Å²) in [5.41, 5.74) is 4.16. The van der Waals surface area contributed by atoms with Gasteiger partial charge >= 0.3 is 0 Å². The molecule has 2 fully saturated rings. The smallest absolute Gasteiger partial charge is 0.0744 e. The molecule has 0 spiro atoms. The van der Waals surface area contributed by atoms with Crippen molar-refractivity contribution >= 4 is 12.6 Å². The summed E-state index contributed by atoms with van der Waals surface area (Å²) in [6, 6.07) is 2.56. The van der Waals surface area contributed by atoms with Gasteiger partial charge in [0.2, 0.25) is 0 Å². The standard InChI is InChI=1S/C29H50N4S/c1-9-22(4)24(6)32-20-21(3)19-25(32)23(5)31-27(34)29(8)16-11-14-28(7,15-12-17-29)26-13-18-30-33(26)10-2/h13,18,21-22,25,27,31,34H,5-6,9-12,14-17,19-20H2,1-4,7-8H3. The van der Waals surface area contributed by atoms with Crippen LogP contribution in [-0.2, 0) is 12.0 Å². The van der Waals surface area contributed by atoms with Crippen molar-refractivity contribution in [1.82, 2.24) is 20.0 Å². The van der Waals surface area contributed by atoms with Crippen LogP contribution in [0.15, 0.2) is 36.8 Å². The predicted molar refractivity (Wildman–Crippen MR) is 149 cm³/mol. The molecule has 1 aliphatic heterocycles. The Kier molecular flexibility index (Phi) is 8.92. The van der Waals surface area contributed by atoms with Crippen molar-refractivity contribution in [1.29, 1.82) is 0 Å². The first-order valence-corrected chi connectivity index (χ1v) is 14.2. The zero-order valence-electron chi connectivity index (χ0n) is 22.7. The second kappa shape index (κ2) is 11.1. The lowest BCUT2D eigenvalue weighted by atomic mass is 9.69. The number of hydrogen-bond donors (Lipinski definition) is 2. The summed E-state index contributed by atoms with van der Waals surface area (Å²) in [5.74, 6) is 1.17. The molecule has 0 aromatic carbocycles. The van der Waals surface area contributed by atoms with Gasteiger partial charge < -0.3 is 10.2 Å². The number of nitrogens with one attached hydrogen (secondary N) is 1. The van der Waals surface area contributed by atoms with Gasteiger partial charge in [0, 0.05) is 41.8 Å². The van der Waals surface area contributed by atoms with E-state index in [0.29, 0.717) is 17.9 Å². The highest BCUT2D eigenvalue weighted by molar-refractivity contribution is 7.81. The molecule has 4 unspecified atom stereocenters. The molecule has 1 saturated heterocycles. The monoisotopic (exact) mass is 486 g/mol. The summed E-state index contributed by atoms with van der Waals surface area (Å²) >= 11 is 5.14. The van der Waals surface area contributed by atoms with Crippen LogP contribution < -0.4 is 5.32 Å². The van der Waals surface area contributed by atoms with Gasteiger partial charge in [0.1, 0.15) is 0 Å². The lowest BCUT2D eigenvalue weighted by molar-refractivity contribution is 0.181. The average molecular weight is 487 g/mol. The molecule has 5 heteroatoms. The Morgan fingerprint density at radius 2 is 1.85 bits per heavy atom. The van der Waals surface area contributed by atoms with Crippen molar-refractivity contribution in [2.45, 2.75) is 116 Å². The molecule has 34 heavy (non-hydrogen) atoms. The van der Waals surface area contributed by atoms with E-state index in [9.17, 15) is 0 Å². The van der Waals surface area contributed by atoms with Gasteiger partial charge in [-0.25, -0.2) is 0 Å². The maximum absolute atomic E-state index is 5.14. The minimum absolute atomic E-state index is 0.111. The lowest BCUT2D eigenvalue weighted by Gasteiger charge is -2.42. The molecule has 3 rings (SSSR count). The molecular weight excluding hydrogens is 436 g/mol. The van der Waals surface area contributed by atoms with Gasteiger partial charge in [-0.1, -0.05) is 60.6 Å². The Balaban J connectivity index is 1.64. The lowest BCUT2D eigenvalue weighted by Crippen LogP contribution is -2.45. The molecule has 0 bridgehead atoms. The van der Waals surface area contributed by atoms with Gasteiger partial charge in [0.15, 0.2) is 0 Å². The minimum atomic E-state index is 0.111. The number of rotatable bonds is 9. The third kappa shape index (κ3) is 5.71. The van der Waals surface area contributed by atoms with Crippen molar-refractivity contribution in [2.24, 2.45) is 17.3 Å². The summed E-state index contributed by atoms with van der Waals surface area (Å²) in [6.07, 6.45) is 11.4. The largest absolute Gasteiger partial charge is 0.375 e. The Bertz CT molecular complexity index is 833. The molecular formula is C29H50N4S. The molecule has 0 radical (unpaired) electrons. The number of allylic oxidation sites excluding steroid dienone is 1. The first kappa shape index (κ1) is 27.2. The number of thiol groups is 1. The topological polar surface area (TPSA) is 33.1 Å². The Labute approximate surface area is 215 Å². The van der Waals surface area contributed by atoms with Gasteiger partial charge in [-0.3, -0.25) is 4.68 Å². The molecule has 4 nitrogen and oxygen atoms in total. The van der Waals surface area contributed by atoms with E-state index in [0.717, 1.165) is 31.6 Å². The molecule has 1 aromatic heterocycles. The summed E-state index contributed by atoms with van der Waals surface area (Å²) in [5, 5.41) is 8.44. The highest BCUT2D eigenvalue weighted by Crippen LogP contribution is 2.45. The fourth-order valence-corrected chi connectivity index (χ4v) is 6.72. The molecule has 192 valence electrons. The van der Waals surface area contributed by atoms with Crippen molar-refractivity contribution in [3.8, 4) is 0 Å². The highest BCUT2D eigenvalue weighted by Gasteiger charge is 2.39. The molecule has 1 N–H and O–H groups in total. The van der Waals surface area contributed by atoms with Crippen molar-refractivity contribution in [3.05, 3.63) is 42.5 Å². The van der Waals surface area contributed by atoms with Crippen molar-refractivity contribution in [2.75, 3.05) is 6.54 Å². The minimum Gasteiger partial charge on any atom is -0.375 e. The molecule has 0 amide bonds. The zero-order chi connectivity index (χ0) is 25.1. The maximum atomic E-state index is 5.14. The maximum Gasteiger partial charge on any atom is 0.0744 e. The Morgan fingerprint density at radius 3 is 2.44 bits per heavy atom. The third-order valence-corrected chi connectivity index (χ3v) is 9.78. The van der Waals surface area contributed by atoms with E-state index >= 15 is 0 Å². The van der Waals surface area contributed by atoms with Crippen molar-refractivity contribution in [3.63, 3.8) is 0 Å². The summed E-state index contributed by atoms with van der Waals surface area (Å²) in [7, 11) is 0. The molecule has 2 heterocycles. The second-order valence-electron chi connectivity index (χ2n) is 11.8. The number of nitrogens with zero attached hydrogens (tertiary/aromatic N) is 3. The van der Waals surface area contributed by atoms with E-state index in [-0.39, 0.29) is 16.2 Å². The first-order chi connectivity index (χ1) is 16.0. The van der Waals surface area contributed by atoms with Crippen LogP contribution >= 0.6 is 12.6 Å². The van der Waals surface area contributed by atoms with E-state index in [1.807, 2.05) is 6.20 Å². The van der Waals surface area contributed by atoms with Crippen molar-refractivity contribution < 1.29 is 0 Å². The first-order valence-electron chi connectivity index (χ1n) is 13.7. The fourth-order valence-electron chi connectivity index (χ4n) is 6.30. The van der Waals surface area contributed by atoms with Gasteiger partial charge in [-0.15, -0.1) is 0 Å². The SMILES string of the molecule is C=C(NC(S)C1(C)CCCC(C)(c2ccnn2CC)CCC1)C1CC(C)CN1C(=C)C(C)CC. The number of aromatic nitrogens is 2. The fraction of sp³-hybridized carbons (Fsp3) is 0.759. The number of aryl methyl sites for hydroxylation is 1. The van der Waals surface area contributed by atoms with Crippen LogP contribution in [0, 0.1) is 17.3 Å². The van der Waals surface area contributed by atoms with Gasteiger partial charge in [0.05, 0.1) is 11.4 Å². The molecule has 1 aliphatic carbocycles. The van der Waals surface area contributed by atoms with Crippen LogP contribution in [-0.4, -0.2) is 32.6 Å². The van der Waals surface area contributed by atoms with Crippen LogP contribution in [0.25, 0.3) is 0 Å². The summed E-state index contributed by atoms with van der Waals surface area (Å²) in [4.78, 5) is 2.51. The third-order valence-electron chi connectivity index (χ3n) is 9.03. The van der Waals surface area contributed by atoms with E-state index < -0.39 is 0 Å². The van der Waals surface area contributed by atoms with Crippen LogP contribution in [0.4, 0.5) is 0 Å². The van der Waals surface area contributed by atoms with Crippen LogP contribution in [0.2, 0.25) is 0 Å². The molecule has 4 atom stereocenters. The van der Waals surface area contributed by atoms with E-state index in [1.165, 1.54) is 49.9 Å². The predicted octanol–water partition coefficient (Wildman–Crippen LogP) is 7.15. The quantitative estimate of drug-likeness (QED) is 0.287. The summed E-state index contributed by atoms with van der Waals surface area (Å²) in [6.45, 7) is 24.9. The van der Waals surface area contributed by atoms with E-state index in [4.69, 9.17) is 12.6 Å². The van der Waals surface area contributed by atoms with E-state index in [2.05, 4.69) is 80.8 Å². The molecule has 1 aromatic rings. The van der Waals surface area contributed by atoms with Crippen LogP contribution in [0.5, 0.6) is 0 Å². The average Bonchev–Trinajstić information content (AvgIpc) is 3.43.